The number of piperazine rings is 1. The Hall–Kier alpha value is -1.89. The van der Waals surface area contributed by atoms with Gasteiger partial charge in [0.15, 0.2) is 5.82 Å². The molecule has 2 amide bonds. The predicted molar refractivity (Wildman–Crippen MR) is 94.8 cm³/mol. The summed E-state index contributed by atoms with van der Waals surface area (Å²) in [4.78, 5) is 16.4. The molecule has 1 aromatic rings. The van der Waals surface area contributed by atoms with Crippen molar-refractivity contribution in [1.29, 1.82) is 0 Å². The van der Waals surface area contributed by atoms with Gasteiger partial charge in [-0.25, -0.2) is 4.79 Å². The number of anilines is 1. The van der Waals surface area contributed by atoms with Crippen molar-refractivity contribution in [2.75, 3.05) is 44.2 Å². The first kappa shape index (κ1) is 16.6. The fourth-order valence-corrected chi connectivity index (χ4v) is 3.89. The molecule has 1 N–H and O–H groups in total. The lowest BCUT2D eigenvalue weighted by Gasteiger charge is -2.35. The van der Waals surface area contributed by atoms with Crippen molar-refractivity contribution < 1.29 is 9.53 Å². The van der Waals surface area contributed by atoms with E-state index < -0.39 is 0 Å². The van der Waals surface area contributed by atoms with E-state index in [0.717, 1.165) is 64.3 Å². The highest BCUT2D eigenvalue weighted by molar-refractivity contribution is 5.74. The second kappa shape index (κ2) is 7.56. The van der Waals surface area contributed by atoms with E-state index in [9.17, 15) is 4.79 Å². The number of hydrogen-bond donors (Lipinski definition) is 1. The van der Waals surface area contributed by atoms with E-state index in [1.54, 1.807) is 0 Å². The van der Waals surface area contributed by atoms with Crippen LogP contribution in [0, 0.1) is 0 Å². The van der Waals surface area contributed by atoms with Gasteiger partial charge in [-0.2, -0.15) is 5.10 Å². The minimum atomic E-state index is 0.0201. The van der Waals surface area contributed by atoms with Crippen molar-refractivity contribution in [3.05, 3.63) is 17.3 Å². The zero-order valence-corrected chi connectivity index (χ0v) is 14.7. The Bertz CT molecular complexity index is 609. The molecule has 0 spiro atoms. The van der Waals surface area contributed by atoms with Crippen molar-refractivity contribution in [2.45, 2.75) is 44.6 Å². The summed E-state index contributed by atoms with van der Waals surface area (Å²) in [6.45, 7) is 4.49. The lowest BCUT2D eigenvalue weighted by atomic mass is 9.97. The van der Waals surface area contributed by atoms with Crippen LogP contribution in [0.1, 0.15) is 36.9 Å². The van der Waals surface area contributed by atoms with Crippen molar-refractivity contribution in [1.82, 2.24) is 20.4 Å². The average molecular weight is 345 g/mol. The maximum atomic E-state index is 12.3. The third kappa shape index (κ3) is 3.86. The average Bonchev–Trinajstić information content (AvgIpc) is 3.19. The quantitative estimate of drug-likeness (QED) is 0.896. The van der Waals surface area contributed by atoms with Gasteiger partial charge >= 0.3 is 6.03 Å². The fourth-order valence-electron chi connectivity index (χ4n) is 3.89. The number of fused-ring (bicyclic) bond motifs is 1. The molecule has 25 heavy (non-hydrogen) atoms. The number of ether oxygens (including phenoxy) is 1. The Morgan fingerprint density at radius 2 is 2.00 bits per heavy atom. The molecule has 2 saturated heterocycles. The molecule has 0 unspecified atom stereocenters. The normalized spacial score (nSPS) is 23.4. The summed E-state index contributed by atoms with van der Waals surface area (Å²) in [5.74, 6) is 0.958. The van der Waals surface area contributed by atoms with Crippen LogP contribution in [0.5, 0.6) is 0 Å². The van der Waals surface area contributed by atoms with Crippen LogP contribution < -0.4 is 10.2 Å². The maximum absolute atomic E-state index is 12.3. The lowest BCUT2D eigenvalue weighted by Crippen LogP contribution is -2.52. The van der Waals surface area contributed by atoms with Crippen molar-refractivity contribution >= 4 is 11.8 Å². The standard InChI is InChI=1S/C18H27N5O2/c24-18(19-13-15-5-3-11-25-15)23-9-7-22(8-10-23)17-12-14-4-1-2-6-16(14)20-21-17/h12,15H,1-11,13H2,(H,19,24)/t15-/m0/s1. The van der Waals surface area contributed by atoms with E-state index in [2.05, 4.69) is 26.5 Å². The highest BCUT2D eigenvalue weighted by Gasteiger charge is 2.24. The maximum Gasteiger partial charge on any atom is 0.317 e. The molecule has 0 radical (unpaired) electrons. The van der Waals surface area contributed by atoms with E-state index in [-0.39, 0.29) is 12.1 Å². The van der Waals surface area contributed by atoms with Crippen LogP contribution >= 0.6 is 0 Å². The number of amides is 2. The molecule has 1 aromatic heterocycles. The van der Waals surface area contributed by atoms with E-state index in [4.69, 9.17) is 4.74 Å². The third-order valence-electron chi connectivity index (χ3n) is 5.45. The van der Waals surface area contributed by atoms with Crippen LogP contribution in [-0.4, -0.2) is 66.6 Å². The minimum Gasteiger partial charge on any atom is -0.376 e. The molecule has 2 aliphatic heterocycles. The first-order valence-corrected chi connectivity index (χ1v) is 9.54. The van der Waals surface area contributed by atoms with E-state index in [1.165, 1.54) is 24.1 Å². The van der Waals surface area contributed by atoms with Crippen LogP contribution in [-0.2, 0) is 17.6 Å². The van der Waals surface area contributed by atoms with E-state index >= 15 is 0 Å². The summed E-state index contributed by atoms with van der Waals surface area (Å²) in [7, 11) is 0. The molecule has 0 bridgehead atoms. The van der Waals surface area contributed by atoms with Crippen molar-refractivity contribution in [3.8, 4) is 0 Å². The molecular weight excluding hydrogens is 318 g/mol. The number of aryl methyl sites for hydroxylation is 2. The number of aromatic nitrogens is 2. The molecule has 3 heterocycles. The number of carbonyl (C=O) groups excluding carboxylic acids is 1. The molecule has 4 rings (SSSR count). The van der Waals surface area contributed by atoms with Gasteiger partial charge in [0, 0.05) is 39.3 Å². The zero-order chi connectivity index (χ0) is 17.1. The highest BCUT2D eigenvalue weighted by atomic mass is 16.5. The van der Waals surface area contributed by atoms with Gasteiger partial charge in [0.25, 0.3) is 0 Å². The first-order chi connectivity index (χ1) is 12.3. The molecule has 3 aliphatic rings. The predicted octanol–water partition coefficient (Wildman–Crippen LogP) is 1.37. The van der Waals surface area contributed by atoms with Crippen LogP contribution in [0.15, 0.2) is 6.07 Å². The third-order valence-corrected chi connectivity index (χ3v) is 5.45. The van der Waals surface area contributed by atoms with Gasteiger partial charge in [-0.3, -0.25) is 0 Å². The van der Waals surface area contributed by atoms with Gasteiger partial charge in [-0.1, -0.05) is 0 Å². The number of urea groups is 1. The van der Waals surface area contributed by atoms with Gasteiger partial charge in [0.2, 0.25) is 0 Å². The molecule has 1 aliphatic carbocycles. The van der Waals surface area contributed by atoms with Crippen LogP contribution in [0.2, 0.25) is 0 Å². The van der Waals surface area contributed by atoms with Crippen molar-refractivity contribution in [2.24, 2.45) is 0 Å². The highest BCUT2D eigenvalue weighted by Crippen LogP contribution is 2.23. The summed E-state index contributed by atoms with van der Waals surface area (Å²) < 4.78 is 5.55. The van der Waals surface area contributed by atoms with Gasteiger partial charge in [0.1, 0.15) is 0 Å². The molecule has 136 valence electrons. The molecule has 1 atom stereocenters. The Morgan fingerprint density at radius 1 is 1.16 bits per heavy atom. The Balaban J connectivity index is 1.28. The van der Waals surface area contributed by atoms with E-state index in [0.29, 0.717) is 6.54 Å². The monoisotopic (exact) mass is 345 g/mol. The number of nitrogens with zero attached hydrogens (tertiary/aromatic N) is 4. The number of rotatable bonds is 3. The van der Waals surface area contributed by atoms with Crippen LogP contribution in [0.25, 0.3) is 0 Å². The van der Waals surface area contributed by atoms with Gasteiger partial charge in [0.05, 0.1) is 11.8 Å². The summed E-state index contributed by atoms with van der Waals surface area (Å²) in [6, 6.07) is 2.22. The minimum absolute atomic E-state index is 0.0201. The number of nitrogens with one attached hydrogen (secondary N) is 1. The molecule has 7 heteroatoms. The molecule has 0 saturated carbocycles. The van der Waals surface area contributed by atoms with E-state index in [1.807, 2.05) is 4.90 Å². The number of hydrogen-bond acceptors (Lipinski definition) is 5. The fraction of sp³-hybridized carbons (Fsp3) is 0.722. The Morgan fingerprint density at radius 3 is 2.80 bits per heavy atom. The summed E-state index contributed by atoms with van der Waals surface area (Å²) in [6.07, 6.45) is 6.98. The lowest BCUT2D eigenvalue weighted by molar-refractivity contribution is 0.108. The zero-order valence-electron chi connectivity index (χ0n) is 14.7. The molecular formula is C18H27N5O2. The summed E-state index contributed by atoms with van der Waals surface area (Å²) in [5, 5.41) is 11.8. The first-order valence-electron chi connectivity index (χ1n) is 9.54. The Kier molecular flexibility index (Phi) is 5.01. The summed E-state index contributed by atoms with van der Waals surface area (Å²) >= 11 is 0. The molecule has 2 fully saturated rings. The topological polar surface area (TPSA) is 70.6 Å². The number of carbonyl (C=O) groups is 1. The van der Waals surface area contributed by atoms with Crippen LogP contribution in [0.4, 0.5) is 10.6 Å². The van der Waals surface area contributed by atoms with Crippen LogP contribution in [0.3, 0.4) is 0 Å². The largest absolute Gasteiger partial charge is 0.376 e. The second-order valence-electron chi connectivity index (χ2n) is 7.18. The molecule has 7 nitrogen and oxygen atoms in total. The molecule has 0 aromatic carbocycles. The Labute approximate surface area is 148 Å². The smallest absolute Gasteiger partial charge is 0.317 e. The summed E-state index contributed by atoms with van der Waals surface area (Å²) in [5.41, 5.74) is 2.52. The van der Waals surface area contributed by atoms with Gasteiger partial charge in [-0.05, 0) is 50.2 Å². The van der Waals surface area contributed by atoms with Crippen molar-refractivity contribution in [3.63, 3.8) is 0 Å². The van der Waals surface area contributed by atoms with Gasteiger partial charge < -0.3 is 19.9 Å². The SMILES string of the molecule is O=C(NC[C@@H]1CCCO1)N1CCN(c2cc3c(nn2)CCCC3)CC1. The second-order valence-corrected chi connectivity index (χ2v) is 7.18. The van der Waals surface area contributed by atoms with Gasteiger partial charge in [-0.15, -0.1) is 5.10 Å².